The maximum atomic E-state index is 4.23. The van der Waals surface area contributed by atoms with Gasteiger partial charge < -0.3 is 0 Å². The summed E-state index contributed by atoms with van der Waals surface area (Å²) in [6, 6.07) is 11.8. The van der Waals surface area contributed by atoms with Crippen molar-refractivity contribution >= 4 is 0 Å². The van der Waals surface area contributed by atoms with Crippen molar-refractivity contribution in [3.05, 3.63) is 61.2 Å². The van der Waals surface area contributed by atoms with E-state index >= 15 is 0 Å². The molecule has 0 aliphatic carbocycles. The van der Waals surface area contributed by atoms with Gasteiger partial charge >= 0.3 is 0 Å². The third-order valence-electron chi connectivity index (χ3n) is 2.38. The molecule has 0 bridgehead atoms. The van der Waals surface area contributed by atoms with E-state index in [1.165, 1.54) is 0 Å². The molecule has 0 radical (unpaired) electrons. The first-order valence-corrected chi connectivity index (χ1v) is 5.04. The van der Waals surface area contributed by atoms with Gasteiger partial charge in [-0.3, -0.25) is 0 Å². The second kappa shape index (κ2) is 3.66. The van der Waals surface area contributed by atoms with Crippen LogP contribution in [0.15, 0.2) is 61.2 Å². The van der Waals surface area contributed by atoms with Crippen molar-refractivity contribution in [3.63, 3.8) is 0 Å². The zero-order chi connectivity index (χ0) is 10.8. The number of para-hydroxylation sites is 2. The Morgan fingerprint density at radius 2 is 1.19 bits per heavy atom. The minimum Gasteiger partial charge on any atom is -0.239 e. The summed E-state index contributed by atoms with van der Waals surface area (Å²) in [5.74, 6) is 0. The van der Waals surface area contributed by atoms with E-state index in [0.717, 1.165) is 11.4 Å². The zero-order valence-corrected chi connectivity index (χ0v) is 8.56. The second-order valence-corrected chi connectivity index (χ2v) is 3.39. The topological polar surface area (TPSA) is 35.6 Å². The molecular formula is C12H10N4. The summed E-state index contributed by atoms with van der Waals surface area (Å²) in [7, 11) is 0. The lowest BCUT2D eigenvalue weighted by molar-refractivity contribution is 0.825. The lowest BCUT2D eigenvalue weighted by Crippen LogP contribution is -2.03. The highest BCUT2D eigenvalue weighted by Crippen LogP contribution is 2.16. The molecule has 16 heavy (non-hydrogen) atoms. The van der Waals surface area contributed by atoms with E-state index in [0.29, 0.717) is 0 Å². The molecule has 4 nitrogen and oxygen atoms in total. The number of benzene rings is 1. The Kier molecular flexibility index (Phi) is 2.04. The van der Waals surface area contributed by atoms with Gasteiger partial charge in [-0.25, -0.2) is 9.36 Å². The molecule has 4 heteroatoms. The highest BCUT2D eigenvalue weighted by molar-refractivity contribution is 5.51. The molecule has 0 amide bonds. The Hall–Kier alpha value is -2.36. The van der Waals surface area contributed by atoms with Gasteiger partial charge in [0.05, 0.1) is 11.4 Å². The van der Waals surface area contributed by atoms with E-state index in [2.05, 4.69) is 10.2 Å². The summed E-state index contributed by atoms with van der Waals surface area (Å²) in [6.45, 7) is 0. The Balaban J connectivity index is 2.19. The second-order valence-electron chi connectivity index (χ2n) is 3.39. The monoisotopic (exact) mass is 210 g/mol. The summed E-state index contributed by atoms with van der Waals surface area (Å²) < 4.78 is 3.66. The zero-order valence-electron chi connectivity index (χ0n) is 8.56. The largest absolute Gasteiger partial charge is 0.239 e. The number of rotatable bonds is 2. The van der Waals surface area contributed by atoms with Gasteiger partial charge in [-0.2, -0.15) is 10.2 Å². The van der Waals surface area contributed by atoms with Gasteiger partial charge in [0.2, 0.25) is 0 Å². The van der Waals surface area contributed by atoms with Crippen LogP contribution in [0.5, 0.6) is 0 Å². The van der Waals surface area contributed by atoms with Crippen LogP contribution in [0.25, 0.3) is 11.4 Å². The van der Waals surface area contributed by atoms with Crippen LogP contribution in [-0.2, 0) is 0 Å². The normalized spacial score (nSPS) is 10.5. The SMILES string of the molecule is c1ccc(-n2cccn2)c(-n2cccn2)c1. The number of hydrogen-bond donors (Lipinski definition) is 0. The summed E-state index contributed by atoms with van der Waals surface area (Å²) in [5, 5.41) is 8.47. The number of nitrogens with zero attached hydrogens (tertiary/aromatic N) is 4. The summed E-state index contributed by atoms with van der Waals surface area (Å²) in [5.41, 5.74) is 2.02. The van der Waals surface area contributed by atoms with Gasteiger partial charge in [0.1, 0.15) is 0 Å². The Labute approximate surface area is 92.8 Å². The van der Waals surface area contributed by atoms with Gasteiger partial charge in [-0.15, -0.1) is 0 Å². The summed E-state index contributed by atoms with van der Waals surface area (Å²) in [4.78, 5) is 0. The van der Waals surface area contributed by atoms with Crippen molar-refractivity contribution < 1.29 is 0 Å². The molecule has 3 rings (SSSR count). The van der Waals surface area contributed by atoms with Crippen molar-refractivity contribution in [2.24, 2.45) is 0 Å². The van der Waals surface area contributed by atoms with Crippen molar-refractivity contribution in [2.75, 3.05) is 0 Å². The maximum Gasteiger partial charge on any atom is 0.0902 e. The van der Waals surface area contributed by atoms with Crippen molar-refractivity contribution in [2.45, 2.75) is 0 Å². The van der Waals surface area contributed by atoms with Crippen molar-refractivity contribution in [1.82, 2.24) is 19.6 Å². The van der Waals surface area contributed by atoms with Gasteiger partial charge in [-0.05, 0) is 24.3 Å². The molecule has 0 saturated carbocycles. The number of aromatic nitrogens is 4. The molecule has 0 fully saturated rings. The summed E-state index contributed by atoms with van der Waals surface area (Å²) >= 11 is 0. The van der Waals surface area contributed by atoms with Crippen LogP contribution in [0.3, 0.4) is 0 Å². The fraction of sp³-hybridized carbons (Fsp3) is 0. The molecule has 0 N–H and O–H groups in total. The number of hydrogen-bond acceptors (Lipinski definition) is 2. The third kappa shape index (κ3) is 1.40. The lowest BCUT2D eigenvalue weighted by atomic mass is 10.2. The third-order valence-corrected chi connectivity index (χ3v) is 2.38. The molecular weight excluding hydrogens is 200 g/mol. The maximum absolute atomic E-state index is 4.23. The van der Waals surface area contributed by atoms with E-state index in [9.17, 15) is 0 Å². The van der Waals surface area contributed by atoms with E-state index in [1.54, 1.807) is 12.4 Å². The minimum atomic E-state index is 1.01. The van der Waals surface area contributed by atoms with Gasteiger partial charge in [0.15, 0.2) is 0 Å². The lowest BCUT2D eigenvalue weighted by Gasteiger charge is -2.08. The smallest absolute Gasteiger partial charge is 0.0902 e. The molecule has 2 heterocycles. The first kappa shape index (κ1) is 8.91. The Bertz CT molecular complexity index is 514. The predicted molar refractivity (Wildman–Crippen MR) is 60.7 cm³/mol. The molecule has 0 aliphatic heterocycles. The van der Waals surface area contributed by atoms with Crippen LogP contribution >= 0.6 is 0 Å². The molecule has 78 valence electrons. The quantitative estimate of drug-likeness (QED) is 0.649. The molecule has 0 atom stereocenters. The standard InChI is InChI=1S/C12H10N4/c1-2-6-12(16-10-4-8-14-16)11(5-1)15-9-3-7-13-15/h1-10H. The van der Waals surface area contributed by atoms with E-state index in [1.807, 2.05) is 58.2 Å². The fourth-order valence-corrected chi connectivity index (χ4v) is 1.67. The fourth-order valence-electron chi connectivity index (χ4n) is 1.67. The van der Waals surface area contributed by atoms with E-state index in [4.69, 9.17) is 0 Å². The molecule has 2 aromatic heterocycles. The first-order valence-electron chi connectivity index (χ1n) is 5.04. The van der Waals surface area contributed by atoms with Gasteiger partial charge in [-0.1, -0.05) is 12.1 Å². The Morgan fingerprint density at radius 1 is 0.688 bits per heavy atom. The molecule has 3 aromatic rings. The van der Waals surface area contributed by atoms with E-state index in [-0.39, 0.29) is 0 Å². The van der Waals surface area contributed by atoms with Crippen LogP contribution in [-0.4, -0.2) is 19.6 Å². The highest BCUT2D eigenvalue weighted by atomic mass is 15.3. The van der Waals surface area contributed by atoms with Crippen molar-refractivity contribution in [1.29, 1.82) is 0 Å². The van der Waals surface area contributed by atoms with Crippen molar-refractivity contribution in [3.8, 4) is 11.4 Å². The van der Waals surface area contributed by atoms with E-state index < -0.39 is 0 Å². The van der Waals surface area contributed by atoms with Crippen LogP contribution < -0.4 is 0 Å². The summed E-state index contributed by atoms with van der Waals surface area (Å²) in [6.07, 6.45) is 7.37. The molecule has 0 spiro atoms. The Morgan fingerprint density at radius 3 is 1.56 bits per heavy atom. The average Bonchev–Trinajstić information content (AvgIpc) is 3.03. The van der Waals surface area contributed by atoms with Crippen LogP contribution in [0, 0.1) is 0 Å². The van der Waals surface area contributed by atoms with Gasteiger partial charge in [0.25, 0.3) is 0 Å². The van der Waals surface area contributed by atoms with Gasteiger partial charge in [0, 0.05) is 24.8 Å². The molecule has 0 aliphatic rings. The predicted octanol–water partition coefficient (Wildman–Crippen LogP) is 2.06. The molecule has 0 unspecified atom stereocenters. The minimum absolute atomic E-state index is 1.01. The molecule has 0 saturated heterocycles. The van der Waals surface area contributed by atoms with Crippen LogP contribution in [0.2, 0.25) is 0 Å². The molecule has 1 aromatic carbocycles. The highest BCUT2D eigenvalue weighted by Gasteiger charge is 2.05. The van der Waals surface area contributed by atoms with Crippen LogP contribution in [0.1, 0.15) is 0 Å². The van der Waals surface area contributed by atoms with Crippen LogP contribution in [0.4, 0.5) is 0 Å². The first-order chi connectivity index (χ1) is 7.95. The average molecular weight is 210 g/mol.